The number of allylic oxidation sites excluding steroid dienone is 2. The SMILES string of the molecule is CCC(C)(CC)C(C)(C)CC=C(C)CC(C)(C)C(C)(C)C(C)(CC(C)(C)C(C)(CC)CC)C(=O)n1ccnc1. The number of carbonyl (C=O) groups excluding carboxylic acids is 1. The van der Waals surface area contributed by atoms with Gasteiger partial charge in [-0.15, -0.1) is 0 Å². The van der Waals surface area contributed by atoms with E-state index in [1.54, 1.807) is 17.1 Å². The first-order valence-corrected chi connectivity index (χ1v) is 15.8. The van der Waals surface area contributed by atoms with Gasteiger partial charge in [-0.1, -0.05) is 141 Å². The molecule has 0 aliphatic heterocycles. The fourth-order valence-corrected chi connectivity index (χ4v) is 7.15. The Labute approximate surface area is 244 Å². The molecule has 0 bridgehead atoms. The molecule has 3 heteroatoms. The van der Waals surface area contributed by atoms with Crippen LogP contribution in [0.2, 0.25) is 0 Å². The maximum atomic E-state index is 14.4. The lowest BCUT2D eigenvalue weighted by atomic mass is 9.47. The van der Waals surface area contributed by atoms with Gasteiger partial charge >= 0.3 is 0 Å². The van der Waals surface area contributed by atoms with Crippen LogP contribution < -0.4 is 0 Å². The lowest BCUT2D eigenvalue weighted by molar-refractivity contribution is -0.0668. The van der Waals surface area contributed by atoms with Crippen molar-refractivity contribution in [3.05, 3.63) is 30.4 Å². The zero-order valence-corrected chi connectivity index (χ0v) is 29.1. The lowest BCUT2D eigenvalue weighted by Gasteiger charge is -2.57. The molecule has 0 N–H and O–H groups in total. The van der Waals surface area contributed by atoms with E-state index in [9.17, 15) is 4.79 Å². The third-order valence-electron chi connectivity index (χ3n) is 13.1. The summed E-state index contributed by atoms with van der Waals surface area (Å²) < 4.78 is 1.73. The quantitative estimate of drug-likeness (QED) is 0.207. The van der Waals surface area contributed by atoms with E-state index in [4.69, 9.17) is 0 Å². The van der Waals surface area contributed by atoms with Gasteiger partial charge in [0.1, 0.15) is 6.33 Å². The predicted octanol–water partition coefficient (Wildman–Crippen LogP) is 11.4. The topological polar surface area (TPSA) is 34.9 Å². The maximum Gasteiger partial charge on any atom is 0.238 e. The van der Waals surface area contributed by atoms with Crippen LogP contribution in [0.15, 0.2) is 30.4 Å². The fourth-order valence-electron chi connectivity index (χ4n) is 7.15. The molecule has 39 heavy (non-hydrogen) atoms. The molecule has 1 rings (SSSR count). The van der Waals surface area contributed by atoms with Crippen LogP contribution in [0.4, 0.5) is 0 Å². The van der Waals surface area contributed by atoms with Gasteiger partial charge in [-0.3, -0.25) is 9.36 Å². The molecule has 0 aliphatic carbocycles. The Morgan fingerprint density at radius 2 is 1.21 bits per heavy atom. The number of imidazole rings is 1. The van der Waals surface area contributed by atoms with Crippen molar-refractivity contribution >= 4 is 5.91 Å². The highest BCUT2D eigenvalue weighted by Gasteiger charge is 2.58. The zero-order valence-electron chi connectivity index (χ0n) is 29.1. The monoisotopic (exact) mass is 543 g/mol. The highest BCUT2D eigenvalue weighted by Crippen LogP contribution is 2.61. The van der Waals surface area contributed by atoms with Crippen molar-refractivity contribution in [1.29, 1.82) is 0 Å². The summed E-state index contributed by atoms with van der Waals surface area (Å²) in [6, 6.07) is 0. The minimum atomic E-state index is -0.588. The van der Waals surface area contributed by atoms with Crippen LogP contribution in [-0.4, -0.2) is 15.5 Å². The van der Waals surface area contributed by atoms with Crippen molar-refractivity contribution in [2.45, 2.75) is 156 Å². The van der Waals surface area contributed by atoms with Crippen molar-refractivity contribution < 1.29 is 4.79 Å². The van der Waals surface area contributed by atoms with E-state index >= 15 is 0 Å². The Morgan fingerprint density at radius 1 is 0.744 bits per heavy atom. The summed E-state index contributed by atoms with van der Waals surface area (Å²) in [6.45, 7) is 37.7. The third kappa shape index (κ3) is 6.75. The van der Waals surface area contributed by atoms with Crippen molar-refractivity contribution in [3.63, 3.8) is 0 Å². The summed E-state index contributed by atoms with van der Waals surface area (Å²) in [6.07, 6.45) is 15.2. The Bertz CT molecular complexity index is 952. The number of hydrogen-bond acceptors (Lipinski definition) is 2. The fraction of sp³-hybridized carbons (Fsp3) is 0.833. The van der Waals surface area contributed by atoms with E-state index < -0.39 is 5.41 Å². The average Bonchev–Trinajstić information content (AvgIpc) is 3.39. The number of carbonyl (C=O) groups is 1. The van der Waals surface area contributed by atoms with Gasteiger partial charge in [-0.05, 0) is 58.7 Å². The second-order valence-corrected chi connectivity index (χ2v) is 16.0. The van der Waals surface area contributed by atoms with Crippen molar-refractivity contribution in [2.24, 2.45) is 37.9 Å². The average molecular weight is 543 g/mol. The van der Waals surface area contributed by atoms with Crippen molar-refractivity contribution in [2.75, 3.05) is 0 Å². The van der Waals surface area contributed by atoms with Crippen LogP contribution in [0.1, 0.15) is 161 Å². The van der Waals surface area contributed by atoms with E-state index in [0.717, 1.165) is 32.1 Å². The van der Waals surface area contributed by atoms with Gasteiger partial charge in [-0.25, -0.2) is 4.98 Å². The minimum Gasteiger partial charge on any atom is -0.276 e. The summed E-state index contributed by atoms with van der Waals surface area (Å²) >= 11 is 0. The van der Waals surface area contributed by atoms with E-state index in [0.29, 0.717) is 5.41 Å². The Morgan fingerprint density at radius 3 is 1.62 bits per heavy atom. The molecule has 226 valence electrons. The second kappa shape index (κ2) is 12.2. The molecule has 0 fully saturated rings. The maximum absolute atomic E-state index is 14.4. The normalized spacial score (nSPS) is 16.4. The van der Waals surface area contributed by atoms with Crippen LogP contribution in [-0.2, 0) is 0 Å². The first kappa shape index (κ1) is 35.6. The van der Waals surface area contributed by atoms with Crippen LogP contribution >= 0.6 is 0 Å². The van der Waals surface area contributed by atoms with Gasteiger partial charge in [0.2, 0.25) is 5.91 Å². The number of nitrogens with zero attached hydrogens (tertiary/aromatic N) is 2. The van der Waals surface area contributed by atoms with E-state index in [-0.39, 0.29) is 33.0 Å². The molecular formula is C36H66N2O. The molecule has 1 unspecified atom stereocenters. The van der Waals surface area contributed by atoms with Gasteiger partial charge in [0.15, 0.2) is 0 Å². The van der Waals surface area contributed by atoms with Gasteiger partial charge in [0, 0.05) is 12.4 Å². The molecule has 1 heterocycles. The Balaban J connectivity index is 3.54. The van der Waals surface area contributed by atoms with E-state index in [1.807, 2.05) is 6.20 Å². The molecule has 0 aliphatic rings. The number of aromatic nitrogens is 2. The summed E-state index contributed by atoms with van der Waals surface area (Å²) in [5.74, 6) is 0.158. The number of hydrogen-bond donors (Lipinski definition) is 0. The molecule has 0 spiro atoms. The van der Waals surface area contributed by atoms with Crippen molar-refractivity contribution in [3.8, 4) is 0 Å². The standard InChI is InChI=1S/C36H66N2O/c1-17-34(14,18-2)30(6,7)22-21-28(5)25-31(8,9)33(12,13)36(16,29(39)38-24-23-37-27-38)26-32(10,11)35(15,19-3)20-4/h21,23-24,27H,17-20,22,25-26H2,1-16H3. The highest BCUT2D eigenvalue weighted by atomic mass is 16.2. The third-order valence-corrected chi connectivity index (χ3v) is 13.1. The summed E-state index contributed by atoms with van der Waals surface area (Å²) in [4.78, 5) is 18.7. The molecule has 0 amide bonds. The van der Waals surface area contributed by atoms with Crippen LogP contribution in [0.5, 0.6) is 0 Å². The Kier molecular flexibility index (Phi) is 11.2. The molecule has 1 atom stereocenters. The van der Waals surface area contributed by atoms with Gasteiger partial charge < -0.3 is 0 Å². The molecule has 0 radical (unpaired) electrons. The van der Waals surface area contributed by atoms with Gasteiger partial charge in [0.05, 0.1) is 5.41 Å². The molecule has 0 aromatic carbocycles. The molecule has 0 saturated carbocycles. The van der Waals surface area contributed by atoms with Crippen LogP contribution in [0, 0.1) is 37.9 Å². The first-order valence-electron chi connectivity index (χ1n) is 15.8. The predicted molar refractivity (Wildman–Crippen MR) is 171 cm³/mol. The zero-order chi connectivity index (χ0) is 30.7. The highest BCUT2D eigenvalue weighted by molar-refractivity contribution is 5.85. The molecule has 0 saturated heterocycles. The molecular weight excluding hydrogens is 476 g/mol. The van der Waals surface area contributed by atoms with E-state index in [2.05, 4.69) is 122 Å². The second-order valence-electron chi connectivity index (χ2n) is 16.0. The largest absolute Gasteiger partial charge is 0.276 e. The first-order chi connectivity index (χ1) is 17.6. The summed E-state index contributed by atoms with van der Waals surface area (Å²) in [7, 11) is 0. The van der Waals surface area contributed by atoms with Crippen molar-refractivity contribution in [1.82, 2.24) is 9.55 Å². The summed E-state index contributed by atoms with van der Waals surface area (Å²) in [5.41, 5.74) is 1.14. The Hall–Kier alpha value is -1.38. The smallest absolute Gasteiger partial charge is 0.238 e. The molecule has 3 nitrogen and oxygen atoms in total. The molecule has 1 aromatic rings. The van der Waals surface area contributed by atoms with Crippen LogP contribution in [0.25, 0.3) is 0 Å². The van der Waals surface area contributed by atoms with Gasteiger partial charge in [0.25, 0.3) is 0 Å². The minimum absolute atomic E-state index is 0.0193. The molecule has 1 aromatic heterocycles. The van der Waals surface area contributed by atoms with E-state index in [1.165, 1.54) is 18.4 Å². The van der Waals surface area contributed by atoms with Crippen LogP contribution in [0.3, 0.4) is 0 Å². The van der Waals surface area contributed by atoms with Gasteiger partial charge in [-0.2, -0.15) is 0 Å². The summed E-state index contributed by atoms with van der Waals surface area (Å²) in [5, 5.41) is 0. The number of rotatable bonds is 15. The lowest BCUT2D eigenvalue weighted by Crippen LogP contribution is -2.55.